The SMILES string of the molecule is COc1cc(OC)nc(NC(=O)NS(=O)(=O)c2cccc(N(CC(C)C)CC(C)C)c2C(=O)O)n1. The molecule has 0 spiro atoms. The normalized spacial score (nSPS) is 11.3. The molecule has 0 atom stereocenters. The van der Waals surface area contributed by atoms with Gasteiger partial charge in [0.1, 0.15) is 10.5 Å². The average molecular weight is 510 g/mol. The third kappa shape index (κ3) is 7.44. The maximum atomic E-state index is 13.1. The van der Waals surface area contributed by atoms with Crippen molar-refractivity contribution in [2.75, 3.05) is 37.5 Å². The molecule has 0 unspecified atom stereocenters. The number of carbonyl (C=O) groups is 2. The molecule has 35 heavy (non-hydrogen) atoms. The van der Waals surface area contributed by atoms with Crippen LogP contribution < -0.4 is 24.4 Å². The summed E-state index contributed by atoms with van der Waals surface area (Å²) in [6.45, 7) is 8.97. The monoisotopic (exact) mass is 509 g/mol. The van der Waals surface area contributed by atoms with Gasteiger partial charge < -0.3 is 19.5 Å². The summed E-state index contributed by atoms with van der Waals surface area (Å²) in [7, 11) is -1.90. The van der Waals surface area contributed by atoms with Crippen molar-refractivity contribution >= 4 is 33.7 Å². The van der Waals surface area contributed by atoms with Crippen LogP contribution in [-0.2, 0) is 10.0 Å². The van der Waals surface area contributed by atoms with E-state index in [1.165, 1.54) is 26.4 Å². The van der Waals surface area contributed by atoms with Crippen molar-refractivity contribution in [2.45, 2.75) is 32.6 Å². The van der Waals surface area contributed by atoms with Crippen molar-refractivity contribution in [1.29, 1.82) is 0 Å². The number of sulfonamides is 1. The predicted molar refractivity (Wildman–Crippen MR) is 130 cm³/mol. The summed E-state index contributed by atoms with van der Waals surface area (Å²) in [4.78, 5) is 33.8. The van der Waals surface area contributed by atoms with Gasteiger partial charge in [0, 0.05) is 13.1 Å². The molecule has 0 aliphatic rings. The number of rotatable bonds is 11. The van der Waals surface area contributed by atoms with E-state index in [1.807, 2.05) is 37.3 Å². The molecule has 13 heteroatoms. The number of anilines is 2. The largest absolute Gasteiger partial charge is 0.481 e. The van der Waals surface area contributed by atoms with E-state index in [2.05, 4.69) is 15.3 Å². The number of hydrogen-bond donors (Lipinski definition) is 3. The molecule has 192 valence electrons. The minimum atomic E-state index is -4.59. The summed E-state index contributed by atoms with van der Waals surface area (Å²) in [5, 5.41) is 12.1. The van der Waals surface area contributed by atoms with Crippen molar-refractivity contribution in [1.82, 2.24) is 14.7 Å². The topological polar surface area (TPSA) is 160 Å². The highest BCUT2D eigenvalue weighted by atomic mass is 32.2. The summed E-state index contributed by atoms with van der Waals surface area (Å²) in [5.74, 6) is -1.17. The lowest BCUT2D eigenvalue weighted by Crippen LogP contribution is -2.37. The Balaban J connectivity index is 2.43. The van der Waals surface area contributed by atoms with E-state index in [0.29, 0.717) is 13.1 Å². The molecule has 0 aliphatic heterocycles. The fourth-order valence-corrected chi connectivity index (χ4v) is 4.47. The van der Waals surface area contributed by atoms with Gasteiger partial charge in [0.25, 0.3) is 10.0 Å². The Morgan fingerprint density at radius 2 is 1.57 bits per heavy atom. The number of ether oxygens (including phenoxy) is 2. The first-order valence-electron chi connectivity index (χ1n) is 10.8. The van der Waals surface area contributed by atoms with Gasteiger partial charge in [0.15, 0.2) is 0 Å². The first-order chi connectivity index (χ1) is 16.4. The van der Waals surface area contributed by atoms with E-state index in [0.717, 1.165) is 6.07 Å². The molecule has 3 N–H and O–H groups in total. The molecule has 0 bridgehead atoms. The average Bonchev–Trinajstić information content (AvgIpc) is 2.76. The van der Waals surface area contributed by atoms with Crippen LogP contribution in [0.25, 0.3) is 0 Å². The van der Waals surface area contributed by atoms with E-state index >= 15 is 0 Å². The number of benzene rings is 1. The highest BCUT2D eigenvalue weighted by Gasteiger charge is 2.29. The van der Waals surface area contributed by atoms with Crippen LogP contribution in [-0.4, -0.2) is 62.8 Å². The van der Waals surface area contributed by atoms with Gasteiger partial charge in [-0.3, -0.25) is 5.32 Å². The van der Waals surface area contributed by atoms with Crippen LogP contribution in [0.2, 0.25) is 0 Å². The van der Waals surface area contributed by atoms with Crippen LogP contribution >= 0.6 is 0 Å². The van der Waals surface area contributed by atoms with E-state index in [9.17, 15) is 23.1 Å². The number of carbonyl (C=O) groups excluding carboxylic acids is 1. The Hall–Kier alpha value is -3.61. The zero-order chi connectivity index (χ0) is 26.3. The number of nitrogens with zero attached hydrogens (tertiary/aromatic N) is 3. The predicted octanol–water partition coefficient (Wildman–Crippen LogP) is 2.82. The number of amides is 2. The van der Waals surface area contributed by atoms with Crippen LogP contribution in [0.3, 0.4) is 0 Å². The zero-order valence-electron chi connectivity index (χ0n) is 20.5. The molecule has 1 aromatic heterocycles. The lowest BCUT2D eigenvalue weighted by molar-refractivity contribution is 0.0693. The Kier molecular flexibility index (Phi) is 9.23. The van der Waals surface area contributed by atoms with Gasteiger partial charge in [0.2, 0.25) is 17.7 Å². The standard InChI is InChI=1S/C22H31N5O7S/c1-13(2)11-27(12-14(3)4)15-8-7-9-16(19(15)20(28)29)35(31,32)26-22(30)25-21-23-17(33-5)10-18(24-21)34-6/h7-10,13-14H,11-12H2,1-6H3,(H,28,29)(H2,23,24,25,26,30). The van der Waals surface area contributed by atoms with Crippen LogP contribution in [0.15, 0.2) is 29.2 Å². The summed E-state index contributed by atoms with van der Waals surface area (Å²) in [6.07, 6.45) is 0. The van der Waals surface area contributed by atoms with Gasteiger partial charge in [-0.1, -0.05) is 33.8 Å². The number of aromatic nitrogens is 2. The van der Waals surface area contributed by atoms with E-state index in [4.69, 9.17) is 9.47 Å². The number of carboxylic acids is 1. The Morgan fingerprint density at radius 1 is 1.03 bits per heavy atom. The molecular weight excluding hydrogens is 478 g/mol. The van der Waals surface area contributed by atoms with Gasteiger partial charge >= 0.3 is 12.0 Å². The lowest BCUT2D eigenvalue weighted by Gasteiger charge is -2.30. The molecule has 12 nitrogen and oxygen atoms in total. The van der Waals surface area contributed by atoms with E-state index < -0.39 is 32.5 Å². The molecule has 0 aliphatic carbocycles. The second kappa shape index (κ2) is 11.7. The highest BCUT2D eigenvalue weighted by Crippen LogP contribution is 2.29. The Bertz CT molecular complexity index is 1140. The highest BCUT2D eigenvalue weighted by molar-refractivity contribution is 7.90. The van der Waals surface area contributed by atoms with Gasteiger partial charge in [-0.25, -0.2) is 22.7 Å². The molecule has 1 heterocycles. The van der Waals surface area contributed by atoms with Crippen molar-refractivity contribution in [3.63, 3.8) is 0 Å². The summed E-state index contributed by atoms with van der Waals surface area (Å²) in [5.41, 5.74) is -0.169. The Labute approximate surface area is 204 Å². The molecule has 0 saturated carbocycles. The van der Waals surface area contributed by atoms with Crippen molar-refractivity contribution in [2.24, 2.45) is 11.8 Å². The fraction of sp³-hybridized carbons (Fsp3) is 0.455. The molecule has 2 rings (SSSR count). The summed E-state index contributed by atoms with van der Waals surface area (Å²) < 4.78 is 38.0. The minimum Gasteiger partial charge on any atom is -0.481 e. The number of methoxy groups -OCH3 is 2. The molecule has 0 radical (unpaired) electrons. The second-order valence-corrected chi connectivity index (χ2v) is 10.1. The molecule has 1 aromatic carbocycles. The number of aromatic carboxylic acids is 1. The lowest BCUT2D eigenvalue weighted by atomic mass is 10.1. The third-order valence-electron chi connectivity index (χ3n) is 4.57. The first kappa shape index (κ1) is 27.6. The summed E-state index contributed by atoms with van der Waals surface area (Å²) >= 11 is 0. The molecule has 0 fully saturated rings. The number of urea groups is 1. The third-order valence-corrected chi connectivity index (χ3v) is 5.94. The quantitative estimate of drug-likeness (QED) is 0.411. The van der Waals surface area contributed by atoms with Crippen LogP contribution in [0.1, 0.15) is 38.1 Å². The fourth-order valence-electron chi connectivity index (χ4n) is 3.35. The molecule has 0 saturated heterocycles. The van der Waals surface area contributed by atoms with Gasteiger partial charge in [-0.15, -0.1) is 0 Å². The maximum Gasteiger partial charge on any atom is 0.339 e. The van der Waals surface area contributed by atoms with Crippen LogP contribution in [0.4, 0.5) is 16.4 Å². The second-order valence-electron chi connectivity index (χ2n) is 8.48. The van der Waals surface area contributed by atoms with Crippen LogP contribution in [0, 0.1) is 11.8 Å². The van der Waals surface area contributed by atoms with Gasteiger partial charge in [-0.2, -0.15) is 9.97 Å². The van der Waals surface area contributed by atoms with Crippen LogP contribution in [0.5, 0.6) is 11.8 Å². The van der Waals surface area contributed by atoms with Crippen molar-refractivity contribution < 1.29 is 32.6 Å². The smallest absolute Gasteiger partial charge is 0.339 e. The minimum absolute atomic E-state index is 0.0752. The first-order valence-corrected chi connectivity index (χ1v) is 12.3. The van der Waals surface area contributed by atoms with Crippen molar-refractivity contribution in [3.8, 4) is 11.8 Å². The number of hydrogen-bond acceptors (Lipinski definition) is 9. The number of carboxylic acid groups (broad SMARTS) is 1. The van der Waals surface area contributed by atoms with Crippen molar-refractivity contribution in [3.05, 3.63) is 29.8 Å². The Morgan fingerprint density at radius 3 is 2.03 bits per heavy atom. The zero-order valence-corrected chi connectivity index (χ0v) is 21.3. The molecule has 2 amide bonds. The molecule has 2 aromatic rings. The molecular formula is C22H31N5O7S. The maximum absolute atomic E-state index is 13.1. The van der Waals surface area contributed by atoms with Gasteiger partial charge in [0.05, 0.1) is 26.0 Å². The van der Waals surface area contributed by atoms with E-state index in [1.54, 1.807) is 6.07 Å². The van der Waals surface area contributed by atoms with Gasteiger partial charge in [-0.05, 0) is 24.0 Å². The number of nitrogens with one attached hydrogen (secondary N) is 2. The summed E-state index contributed by atoms with van der Waals surface area (Å²) in [6, 6.07) is 4.31. The van der Waals surface area contributed by atoms with E-state index in [-0.39, 0.29) is 35.2 Å².